The van der Waals surface area contributed by atoms with E-state index in [0.29, 0.717) is 4.48 Å². The molecule has 5 nitrogen and oxygen atoms in total. The van der Waals surface area contributed by atoms with Crippen molar-refractivity contribution < 1.29 is 9.66 Å². The maximum Gasteiger partial charge on any atom is 0.284 e. The molecule has 0 aromatic carbocycles. The lowest BCUT2D eigenvalue weighted by Gasteiger charge is -1.99. The molecule has 0 radical (unpaired) electrons. The number of ether oxygens (including phenoxy) is 1. The summed E-state index contributed by atoms with van der Waals surface area (Å²) in [5.74, 6) is 0.125. The van der Waals surface area contributed by atoms with Gasteiger partial charge in [0.2, 0.25) is 0 Å². The van der Waals surface area contributed by atoms with Gasteiger partial charge in [-0.3, -0.25) is 10.1 Å². The molecule has 0 aromatic rings. The van der Waals surface area contributed by atoms with Gasteiger partial charge in [0.1, 0.15) is 0 Å². The van der Waals surface area contributed by atoms with Crippen molar-refractivity contribution in [3.8, 4) is 0 Å². The van der Waals surface area contributed by atoms with Gasteiger partial charge in [-0.05, 0) is 15.9 Å². The van der Waals surface area contributed by atoms with Gasteiger partial charge in [0.05, 0.1) is 12.0 Å². The maximum absolute atomic E-state index is 10.3. The van der Waals surface area contributed by atoms with Crippen LogP contribution in [0.4, 0.5) is 0 Å². The summed E-state index contributed by atoms with van der Waals surface area (Å²) in [6.07, 6.45) is 2.39. The molecule has 0 bridgehead atoms. The molecule has 13 heavy (non-hydrogen) atoms. The highest BCUT2D eigenvalue weighted by molar-refractivity contribution is 9.12. The summed E-state index contributed by atoms with van der Waals surface area (Å²) in [5.41, 5.74) is -0.0960. The SMILES string of the molecule is COC(/C=C(/Br)C=N)=C(/C)[N+](=O)[O-]. The molecule has 0 atom stereocenters. The Morgan fingerprint density at radius 3 is 2.54 bits per heavy atom. The first-order valence-corrected chi connectivity index (χ1v) is 4.09. The minimum Gasteiger partial charge on any atom is -0.490 e. The molecule has 0 aliphatic rings. The third kappa shape index (κ3) is 3.84. The number of halogens is 1. The van der Waals surface area contributed by atoms with Crippen LogP contribution in [-0.4, -0.2) is 18.2 Å². The molecule has 0 heterocycles. The van der Waals surface area contributed by atoms with E-state index in [4.69, 9.17) is 10.1 Å². The summed E-state index contributed by atoms with van der Waals surface area (Å²) < 4.78 is 5.18. The summed E-state index contributed by atoms with van der Waals surface area (Å²) in [6, 6.07) is 0. The van der Waals surface area contributed by atoms with Crippen molar-refractivity contribution in [3.63, 3.8) is 0 Å². The molecule has 1 N–H and O–H groups in total. The first kappa shape index (κ1) is 11.8. The molecule has 0 aromatic heterocycles. The van der Waals surface area contributed by atoms with Crippen LogP contribution in [-0.2, 0) is 4.74 Å². The highest BCUT2D eigenvalue weighted by Crippen LogP contribution is 2.12. The predicted molar refractivity (Wildman–Crippen MR) is 52.5 cm³/mol. The van der Waals surface area contributed by atoms with E-state index in [-0.39, 0.29) is 11.5 Å². The second kappa shape index (κ2) is 5.47. The Hall–Kier alpha value is -1.17. The average molecular weight is 249 g/mol. The van der Waals surface area contributed by atoms with Gasteiger partial charge in [-0.2, -0.15) is 0 Å². The van der Waals surface area contributed by atoms with Gasteiger partial charge in [0.15, 0.2) is 5.76 Å². The Morgan fingerprint density at radius 2 is 2.23 bits per heavy atom. The molecule has 0 unspecified atom stereocenters. The van der Waals surface area contributed by atoms with Crippen molar-refractivity contribution in [2.45, 2.75) is 6.92 Å². The number of nitrogens with one attached hydrogen (secondary N) is 1. The lowest BCUT2D eigenvalue weighted by Crippen LogP contribution is -2.00. The zero-order chi connectivity index (χ0) is 10.4. The summed E-state index contributed by atoms with van der Waals surface area (Å²) >= 11 is 3.02. The largest absolute Gasteiger partial charge is 0.490 e. The molecular weight excluding hydrogens is 240 g/mol. The number of methoxy groups -OCH3 is 1. The van der Waals surface area contributed by atoms with E-state index in [0.717, 1.165) is 6.21 Å². The van der Waals surface area contributed by atoms with Gasteiger partial charge in [-0.25, -0.2) is 0 Å². The van der Waals surface area contributed by atoms with E-state index in [1.165, 1.54) is 20.1 Å². The predicted octanol–water partition coefficient (Wildman–Crippen LogP) is 2.07. The second-order valence-corrected chi connectivity index (χ2v) is 3.00. The van der Waals surface area contributed by atoms with Crippen molar-refractivity contribution in [1.29, 1.82) is 5.41 Å². The van der Waals surface area contributed by atoms with Crippen molar-refractivity contribution in [1.82, 2.24) is 0 Å². The third-order valence-electron chi connectivity index (χ3n) is 1.26. The number of hydrogen-bond acceptors (Lipinski definition) is 4. The highest BCUT2D eigenvalue weighted by Gasteiger charge is 2.10. The number of hydrogen-bond donors (Lipinski definition) is 1. The van der Waals surface area contributed by atoms with Crippen molar-refractivity contribution in [2.24, 2.45) is 0 Å². The van der Waals surface area contributed by atoms with Crippen LogP contribution >= 0.6 is 15.9 Å². The molecule has 6 heteroatoms. The Bertz CT molecular complexity index is 283. The van der Waals surface area contributed by atoms with Gasteiger partial charge in [-0.1, -0.05) is 0 Å². The van der Waals surface area contributed by atoms with E-state index in [9.17, 15) is 10.1 Å². The van der Waals surface area contributed by atoms with E-state index >= 15 is 0 Å². The van der Waals surface area contributed by atoms with Crippen LogP contribution in [0.15, 0.2) is 22.0 Å². The Balaban J connectivity index is 5.00. The van der Waals surface area contributed by atoms with Crippen LogP contribution in [0.25, 0.3) is 0 Å². The van der Waals surface area contributed by atoms with Gasteiger partial charge < -0.3 is 10.1 Å². The average Bonchev–Trinajstić information content (AvgIpc) is 2.12. The molecule has 0 saturated carbocycles. The van der Waals surface area contributed by atoms with Crippen LogP contribution in [0, 0.1) is 15.5 Å². The van der Waals surface area contributed by atoms with Crippen molar-refractivity contribution in [3.05, 3.63) is 32.1 Å². The monoisotopic (exact) mass is 248 g/mol. The summed E-state index contributed by atoms with van der Waals surface area (Å²) in [6.45, 7) is 1.33. The van der Waals surface area contributed by atoms with E-state index in [2.05, 4.69) is 15.9 Å². The zero-order valence-electron chi connectivity index (χ0n) is 7.20. The highest BCUT2D eigenvalue weighted by atomic mass is 79.9. The minimum atomic E-state index is -0.542. The third-order valence-corrected chi connectivity index (χ3v) is 1.72. The first-order valence-electron chi connectivity index (χ1n) is 3.29. The molecule has 0 fully saturated rings. The first-order chi connectivity index (χ1) is 6.02. The van der Waals surface area contributed by atoms with Crippen LogP contribution in [0.1, 0.15) is 6.92 Å². The number of allylic oxidation sites excluding steroid dienone is 3. The van der Waals surface area contributed by atoms with Crippen LogP contribution in [0.5, 0.6) is 0 Å². The summed E-state index contributed by atoms with van der Waals surface area (Å²) in [4.78, 5) is 9.79. The van der Waals surface area contributed by atoms with Gasteiger partial charge >= 0.3 is 0 Å². The number of nitrogens with zero attached hydrogens (tertiary/aromatic N) is 1. The van der Waals surface area contributed by atoms with Gasteiger partial charge in [0.25, 0.3) is 5.70 Å². The summed E-state index contributed by atoms with van der Waals surface area (Å²) in [7, 11) is 1.34. The number of rotatable bonds is 4. The van der Waals surface area contributed by atoms with Gasteiger partial charge in [0, 0.05) is 23.7 Å². The zero-order valence-corrected chi connectivity index (χ0v) is 8.79. The fourth-order valence-corrected chi connectivity index (χ4v) is 0.776. The van der Waals surface area contributed by atoms with E-state index < -0.39 is 4.92 Å². The lowest BCUT2D eigenvalue weighted by molar-refractivity contribution is -0.427. The molecule has 72 valence electrons. The molecule has 0 saturated heterocycles. The number of nitro groups is 1. The molecule has 0 aliphatic carbocycles. The standard InChI is InChI=1S/C7H9BrN2O3/c1-5(10(11)12)7(13-2)3-6(8)4-9/h3-4,9H,1-2H3/b6-3+,7-5-,9-4?. The van der Waals surface area contributed by atoms with Crippen molar-refractivity contribution in [2.75, 3.05) is 7.11 Å². The Kier molecular flexibility index (Phi) is 4.98. The Morgan fingerprint density at radius 1 is 1.69 bits per heavy atom. The topological polar surface area (TPSA) is 76.2 Å². The molecule has 0 aliphatic heterocycles. The van der Waals surface area contributed by atoms with Crippen LogP contribution in [0.2, 0.25) is 0 Å². The van der Waals surface area contributed by atoms with Crippen LogP contribution < -0.4 is 0 Å². The lowest BCUT2D eigenvalue weighted by atomic mass is 10.3. The molecule has 0 amide bonds. The fourth-order valence-electron chi connectivity index (χ4n) is 0.568. The molecular formula is C7H9BrN2O3. The van der Waals surface area contributed by atoms with Crippen LogP contribution in [0.3, 0.4) is 0 Å². The van der Waals surface area contributed by atoms with E-state index in [1.54, 1.807) is 0 Å². The summed E-state index contributed by atoms with van der Waals surface area (Å²) in [5, 5.41) is 17.2. The fraction of sp³-hybridized carbons (Fsp3) is 0.286. The Labute approximate surface area is 83.9 Å². The van der Waals surface area contributed by atoms with Gasteiger partial charge in [-0.15, -0.1) is 0 Å². The normalized spacial score (nSPS) is 13.3. The minimum absolute atomic E-state index is 0.0960. The molecule has 0 rings (SSSR count). The maximum atomic E-state index is 10.3. The second-order valence-electron chi connectivity index (χ2n) is 2.08. The quantitative estimate of drug-likeness (QED) is 0.272. The van der Waals surface area contributed by atoms with Crippen molar-refractivity contribution >= 4 is 22.1 Å². The molecule has 0 spiro atoms. The van der Waals surface area contributed by atoms with E-state index in [1.807, 2.05) is 0 Å². The smallest absolute Gasteiger partial charge is 0.284 e.